The van der Waals surface area contributed by atoms with E-state index in [-0.39, 0.29) is 17.5 Å². The number of nitrogens with one attached hydrogen (secondary N) is 1. The molecule has 0 aliphatic carbocycles. The minimum absolute atomic E-state index is 0.0495. The van der Waals surface area contributed by atoms with Crippen LogP contribution in [0.4, 0.5) is 5.82 Å². The van der Waals surface area contributed by atoms with Gasteiger partial charge in [-0.25, -0.2) is 14.8 Å². The van der Waals surface area contributed by atoms with Crippen molar-refractivity contribution in [2.24, 2.45) is 5.92 Å². The molecule has 2 heterocycles. The van der Waals surface area contributed by atoms with Crippen LogP contribution in [0.25, 0.3) is 0 Å². The maximum atomic E-state index is 12.1. The fourth-order valence-electron chi connectivity index (χ4n) is 2.53. The lowest BCUT2D eigenvalue weighted by molar-refractivity contribution is -0.125. The van der Waals surface area contributed by atoms with Crippen molar-refractivity contribution in [1.82, 2.24) is 15.3 Å². The number of amides is 1. The lowest BCUT2D eigenvalue weighted by Gasteiger charge is -2.32. The van der Waals surface area contributed by atoms with Crippen LogP contribution in [0.1, 0.15) is 43.1 Å². The van der Waals surface area contributed by atoms with E-state index >= 15 is 0 Å². The van der Waals surface area contributed by atoms with Crippen molar-refractivity contribution in [2.75, 3.05) is 24.5 Å². The number of rotatable bonds is 6. The summed E-state index contributed by atoms with van der Waals surface area (Å²) in [5.74, 6) is -0.429. The second-order valence-electron chi connectivity index (χ2n) is 5.49. The van der Waals surface area contributed by atoms with Gasteiger partial charge < -0.3 is 15.3 Å². The molecule has 1 aromatic rings. The number of carbonyl (C=O) groups is 2. The van der Waals surface area contributed by atoms with Gasteiger partial charge in [-0.2, -0.15) is 0 Å². The van der Waals surface area contributed by atoms with E-state index in [1.807, 2.05) is 4.90 Å². The van der Waals surface area contributed by atoms with Gasteiger partial charge in [0.25, 0.3) is 0 Å². The zero-order chi connectivity index (χ0) is 15.9. The van der Waals surface area contributed by atoms with E-state index in [0.717, 1.165) is 38.8 Å². The smallest absolute Gasteiger partial charge is 0.356 e. The number of anilines is 1. The first-order chi connectivity index (χ1) is 10.6. The molecule has 1 unspecified atom stereocenters. The Hall–Kier alpha value is -2.18. The lowest BCUT2D eigenvalue weighted by Crippen LogP contribution is -2.43. The number of hydrogen-bond donors (Lipinski definition) is 2. The quantitative estimate of drug-likeness (QED) is 0.769. The topological polar surface area (TPSA) is 95.4 Å². The zero-order valence-electron chi connectivity index (χ0n) is 12.8. The van der Waals surface area contributed by atoms with Crippen molar-refractivity contribution >= 4 is 17.7 Å². The van der Waals surface area contributed by atoms with E-state index in [4.69, 9.17) is 5.11 Å². The Bertz CT molecular complexity index is 518. The van der Waals surface area contributed by atoms with Gasteiger partial charge in [-0.15, -0.1) is 0 Å². The molecule has 0 aromatic carbocycles. The molecule has 2 rings (SSSR count). The molecule has 0 spiro atoms. The average Bonchev–Trinajstić information content (AvgIpc) is 2.55. The molecule has 1 aromatic heterocycles. The second kappa shape index (κ2) is 7.72. The normalized spacial score (nSPS) is 18.0. The van der Waals surface area contributed by atoms with Crippen LogP contribution in [-0.4, -0.2) is 46.6 Å². The molecule has 1 saturated heterocycles. The highest BCUT2D eigenvalue weighted by atomic mass is 16.4. The Kier molecular flexibility index (Phi) is 5.68. The van der Waals surface area contributed by atoms with E-state index in [1.165, 1.54) is 12.4 Å². The summed E-state index contributed by atoms with van der Waals surface area (Å²) < 4.78 is 0. The summed E-state index contributed by atoms with van der Waals surface area (Å²) in [5.41, 5.74) is -0.0744. The van der Waals surface area contributed by atoms with Gasteiger partial charge in [0.1, 0.15) is 5.82 Å². The van der Waals surface area contributed by atoms with Crippen molar-refractivity contribution in [1.29, 1.82) is 0 Å². The molecule has 1 atom stereocenters. The highest BCUT2D eigenvalue weighted by Crippen LogP contribution is 2.21. The molecule has 0 radical (unpaired) electrons. The second-order valence-corrected chi connectivity index (χ2v) is 5.49. The van der Waals surface area contributed by atoms with Gasteiger partial charge in [0.15, 0.2) is 5.69 Å². The Morgan fingerprint density at radius 1 is 1.41 bits per heavy atom. The highest BCUT2D eigenvalue weighted by molar-refractivity contribution is 5.85. The Labute approximate surface area is 129 Å². The largest absolute Gasteiger partial charge is 0.476 e. The van der Waals surface area contributed by atoms with Gasteiger partial charge in [-0.3, -0.25) is 4.79 Å². The summed E-state index contributed by atoms with van der Waals surface area (Å²) in [6.45, 7) is 4.21. The molecule has 22 heavy (non-hydrogen) atoms. The third-order valence-corrected chi connectivity index (χ3v) is 3.80. The van der Waals surface area contributed by atoms with Crippen LogP contribution in [0.3, 0.4) is 0 Å². The Balaban J connectivity index is 1.95. The van der Waals surface area contributed by atoms with E-state index in [0.29, 0.717) is 12.4 Å². The van der Waals surface area contributed by atoms with Gasteiger partial charge in [-0.1, -0.05) is 13.3 Å². The maximum Gasteiger partial charge on any atom is 0.356 e. The van der Waals surface area contributed by atoms with Gasteiger partial charge in [0, 0.05) is 19.6 Å². The average molecular weight is 306 g/mol. The van der Waals surface area contributed by atoms with Crippen LogP contribution in [0.15, 0.2) is 12.4 Å². The van der Waals surface area contributed by atoms with Crippen molar-refractivity contribution in [3.63, 3.8) is 0 Å². The number of hydrogen-bond acceptors (Lipinski definition) is 5. The van der Waals surface area contributed by atoms with Crippen molar-refractivity contribution in [3.05, 3.63) is 18.1 Å². The first-order valence-corrected chi connectivity index (χ1v) is 7.69. The summed E-state index contributed by atoms with van der Waals surface area (Å²) in [7, 11) is 0. The Morgan fingerprint density at radius 2 is 2.23 bits per heavy atom. The van der Waals surface area contributed by atoms with Crippen LogP contribution >= 0.6 is 0 Å². The summed E-state index contributed by atoms with van der Waals surface area (Å²) in [6.07, 6.45) is 6.54. The zero-order valence-corrected chi connectivity index (χ0v) is 12.8. The van der Waals surface area contributed by atoms with Crippen molar-refractivity contribution in [3.8, 4) is 0 Å². The molecule has 0 saturated carbocycles. The molecule has 7 heteroatoms. The first kappa shape index (κ1) is 16.2. The summed E-state index contributed by atoms with van der Waals surface area (Å²) >= 11 is 0. The number of aromatic nitrogens is 2. The molecule has 2 N–H and O–H groups in total. The molecule has 1 aliphatic heterocycles. The molecule has 1 fully saturated rings. The minimum atomic E-state index is -1.09. The van der Waals surface area contributed by atoms with E-state index in [1.54, 1.807) is 0 Å². The Morgan fingerprint density at radius 3 is 2.86 bits per heavy atom. The predicted octanol–water partition coefficient (Wildman–Crippen LogP) is 1.31. The minimum Gasteiger partial charge on any atom is -0.476 e. The monoisotopic (exact) mass is 306 g/mol. The number of nitrogens with zero attached hydrogens (tertiary/aromatic N) is 3. The van der Waals surface area contributed by atoms with Crippen molar-refractivity contribution < 1.29 is 14.7 Å². The number of carboxylic acid groups (broad SMARTS) is 1. The summed E-state index contributed by atoms with van der Waals surface area (Å²) in [5, 5.41) is 11.8. The third-order valence-electron chi connectivity index (χ3n) is 3.80. The van der Waals surface area contributed by atoms with Gasteiger partial charge in [0.05, 0.1) is 18.3 Å². The number of aromatic carboxylic acids is 1. The fraction of sp³-hybridized carbons (Fsp3) is 0.600. The first-order valence-electron chi connectivity index (χ1n) is 7.69. The molecular formula is C15H22N4O3. The number of carbonyl (C=O) groups excluding carboxylic acids is 1. The summed E-state index contributed by atoms with van der Waals surface area (Å²) in [4.78, 5) is 32.9. The molecule has 7 nitrogen and oxygen atoms in total. The van der Waals surface area contributed by atoms with E-state index < -0.39 is 5.97 Å². The molecule has 1 amide bonds. The maximum absolute atomic E-state index is 12.1. The van der Waals surface area contributed by atoms with Gasteiger partial charge in [0.2, 0.25) is 5.91 Å². The summed E-state index contributed by atoms with van der Waals surface area (Å²) in [6, 6.07) is 0. The molecule has 120 valence electrons. The number of piperidine rings is 1. The third kappa shape index (κ3) is 4.16. The number of carboxylic acids is 1. The van der Waals surface area contributed by atoms with E-state index in [9.17, 15) is 9.59 Å². The van der Waals surface area contributed by atoms with Crippen LogP contribution in [-0.2, 0) is 4.79 Å². The van der Waals surface area contributed by atoms with Crippen LogP contribution in [0.2, 0.25) is 0 Å². The highest BCUT2D eigenvalue weighted by Gasteiger charge is 2.26. The number of unbranched alkanes of at least 4 members (excludes halogenated alkanes) is 1. The SMILES string of the molecule is CCCCNC(=O)C1CCCN(c2cnc(C(=O)O)cn2)C1. The van der Waals surface area contributed by atoms with Gasteiger partial charge >= 0.3 is 5.97 Å². The molecular weight excluding hydrogens is 284 g/mol. The van der Waals surface area contributed by atoms with Gasteiger partial charge in [-0.05, 0) is 19.3 Å². The van der Waals surface area contributed by atoms with Crippen LogP contribution < -0.4 is 10.2 Å². The van der Waals surface area contributed by atoms with Crippen LogP contribution in [0.5, 0.6) is 0 Å². The fourth-order valence-corrected chi connectivity index (χ4v) is 2.53. The van der Waals surface area contributed by atoms with Crippen molar-refractivity contribution in [2.45, 2.75) is 32.6 Å². The predicted molar refractivity (Wildman–Crippen MR) is 81.8 cm³/mol. The van der Waals surface area contributed by atoms with Crippen LogP contribution in [0, 0.1) is 5.92 Å². The molecule has 0 bridgehead atoms. The molecule has 1 aliphatic rings. The lowest BCUT2D eigenvalue weighted by atomic mass is 9.97. The standard InChI is InChI=1S/C15H22N4O3/c1-2-3-6-16-14(20)11-5-4-7-19(10-11)13-9-17-12(8-18-13)15(21)22/h8-9,11H,2-7,10H2,1H3,(H,16,20)(H,21,22). The van der Waals surface area contributed by atoms with E-state index in [2.05, 4.69) is 22.2 Å².